The Morgan fingerprint density at radius 2 is 1.93 bits per heavy atom. The first kappa shape index (κ1) is 9.33. The Labute approximate surface area is 93.9 Å². The number of fused-ring (bicyclic) bond motifs is 1. The third-order valence-corrected chi connectivity index (χ3v) is 3.61. The summed E-state index contributed by atoms with van der Waals surface area (Å²) in [5.41, 5.74) is 2.48. The first-order valence-corrected chi connectivity index (χ1v) is 6.00. The zero-order valence-electron chi connectivity index (χ0n) is 8.44. The minimum Gasteiger partial charge on any atom is -0.314 e. The highest BCUT2D eigenvalue weighted by Crippen LogP contribution is 2.39. The fourth-order valence-electron chi connectivity index (χ4n) is 1.91. The van der Waals surface area contributed by atoms with E-state index in [4.69, 9.17) is 0 Å². The van der Waals surface area contributed by atoms with Crippen molar-refractivity contribution in [2.45, 2.75) is 0 Å². The van der Waals surface area contributed by atoms with Crippen molar-refractivity contribution in [3.8, 4) is 0 Å². The molecular formula is C10H14N4S. The first-order valence-electron chi connectivity index (χ1n) is 5.23. The molecule has 2 aliphatic heterocycles. The fourth-order valence-corrected chi connectivity index (χ4v) is 2.81. The average Bonchev–Trinajstić information content (AvgIpc) is 2.74. The fraction of sp³-hybridized carbons (Fsp3) is 0.400. The van der Waals surface area contributed by atoms with Gasteiger partial charge in [-0.25, -0.2) is 9.42 Å². The first-order chi connectivity index (χ1) is 7.45. The van der Waals surface area contributed by atoms with Gasteiger partial charge in [0.15, 0.2) is 0 Å². The number of piperazine rings is 1. The van der Waals surface area contributed by atoms with E-state index in [2.05, 4.69) is 43.7 Å². The number of para-hydroxylation sites is 2. The average molecular weight is 222 g/mol. The summed E-state index contributed by atoms with van der Waals surface area (Å²) in [4.78, 5) is 0. The second-order valence-electron chi connectivity index (χ2n) is 3.69. The molecule has 0 bridgehead atoms. The maximum atomic E-state index is 3.36. The van der Waals surface area contributed by atoms with Crippen LogP contribution in [-0.2, 0) is 0 Å². The normalized spacial score (nSPS) is 21.2. The SMILES string of the molecule is c1ccc2c(c1)NSN2N1CCNCC1. The summed E-state index contributed by atoms with van der Waals surface area (Å²) in [6.07, 6.45) is 0. The van der Waals surface area contributed by atoms with Crippen LogP contribution in [0.2, 0.25) is 0 Å². The molecule has 2 N–H and O–H groups in total. The molecule has 1 saturated heterocycles. The van der Waals surface area contributed by atoms with Crippen LogP contribution in [0.1, 0.15) is 0 Å². The summed E-state index contributed by atoms with van der Waals surface area (Å²) in [6, 6.07) is 8.42. The Hall–Kier alpha value is -0.910. The molecular weight excluding hydrogens is 208 g/mol. The highest BCUT2D eigenvalue weighted by Gasteiger charge is 2.26. The quantitative estimate of drug-likeness (QED) is 0.699. The van der Waals surface area contributed by atoms with Gasteiger partial charge < -0.3 is 10.0 Å². The van der Waals surface area contributed by atoms with Crippen LogP contribution in [0.3, 0.4) is 0 Å². The minimum absolute atomic E-state index is 1.07. The van der Waals surface area contributed by atoms with Crippen molar-refractivity contribution in [1.82, 2.24) is 10.3 Å². The third kappa shape index (κ3) is 1.67. The molecule has 3 rings (SSSR count). The lowest BCUT2D eigenvalue weighted by Gasteiger charge is -2.34. The van der Waals surface area contributed by atoms with E-state index in [9.17, 15) is 0 Å². The molecule has 2 heterocycles. The van der Waals surface area contributed by atoms with Crippen LogP contribution in [0.5, 0.6) is 0 Å². The van der Waals surface area contributed by atoms with Gasteiger partial charge in [-0.05, 0) is 12.1 Å². The second-order valence-corrected chi connectivity index (χ2v) is 4.42. The Morgan fingerprint density at radius 1 is 1.13 bits per heavy atom. The molecule has 0 unspecified atom stereocenters. The van der Waals surface area contributed by atoms with Crippen molar-refractivity contribution < 1.29 is 0 Å². The van der Waals surface area contributed by atoms with Gasteiger partial charge in [0.1, 0.15) is 0 Å². The standard InChI is InChI=1S/C10H14N4S/c1-2-4-10-9(3-1)12-15-14(10)13-7-5-11-6-8-13/h1-4,11-12H,5-8H2. The lowest BCUT2D eigenvalue weighted by Crippen LogP contribution is -2.49. The van der Waals surface area contributed by atoms with E-state index in [0.717, 1.165) is 26.2 Å². The van der Waals surface area contributed by atoms with Gasteiger partial charge in [-0.1, -0.05) is 12.1 Å². The molecule has 1 fully saturated rings. The molecule has 80 valence electrons. The molecule has 5 heteroatoms. The Bertz CT molecular complexity index is 351. The topological polar surface area (TPSA) is 30.5 Å². The molecule has 15 heavy (non-hydrogen) atoms. The number of rotatable bonds is 1. The predicted molar refractivity (Wildman–Crippen MR) is 64.6 cm³/mol. The molecule has 0 aliphatic carbocycles. The van der Waals surface area contributed by atoms with Crippen molar-refractivity contribution in [3.63, 3.8) is 0 Å². The summed E-state index contributed by atoms with van der Waals surface area (Å²) < 4.78 is 5.59. The monoisotopic (exact) mass is 222 g/mol. The number of nitrogens with zero attached hydrogens (tertiary/aromatic N) is 2. The van der Waals surface area contributed by atoms with E-state index in [-0.39, 0.29) is 0 Å². The summed E-state index contributed by atoms with van der Waals surface area (Å²) in [5.74, 6) is 0. The van der Waals surface area contributed by atoms with Gasteiger partial charge in [-0.15, -0.1) is 0 Å². The highest BCUT2D eigenvalue weighted by molar-refractivity contribution is 8.02. The van der Waals surface area contributed by atoms with E-state index < -0.39 is 0 Å². The van der Waals surface area contributed by atoms with Gasteiger partial charge in [-0.3, -0.25) is 0 Å². The van der Waals surface area contributed by atoms with Crippen LogP contribution in [0.4, 0.5) is 11.4 Å². The molecule has 0 atom stereocenters. The highest BCUT2D eigenvalue weighted by atomic mass is 32.2. The molecule has 1 aromatic rings. The maximum Gasteiger partial charge on any atom is 0.0908 e. The van der Waals surface area contributed by atoms with E-state index in [0.29, 0.717) is 0 Å². The molecule has 2 aliphatic rings. The van der Waals surface area contributed by atoms with E-state index in [1.807, 2.05) is 0 Å². The molecule has 1 aromatic carbocycles. The van der Waals surface area contributed by atoms with Crippen molar-refractivity contribution in [3.05, 3.63) is 24.3 Å². The Kier molecular flexibility index (Phi) is 2.44. The van der Waals surface area contributed by atoms with Crippen LogP contribution in [0, 0.1) is 0 Å². The third-order valence-electron chi connectivity index (χ3n) is 2.70. The summed E-state index contributed by atoms with van der Waals surface area (Å²) in [7, 11) is 0. The van der Waals surface area contributed by atoms with Gasteiger partial charge in [0.2, 0.25) is 0 Å². The lowest BCUT2D eigenvalue weighted by atomic mass is 10.3. The molecule has 0 aromatic heterocycles. The zero-order valence-corrected chi connectivity index (χ0v) is 9.26. The summed E-state index contributed by atoms with van der Waals surface area (Å²) in [5, 5.41) is 5.74. The number of hydrazine groups is 1. The molecule has 0 spiro atoms. The van der Waals surface area contributed by atoms with Crippen molar-refractivity contribution in [1.29, 1.82) is 0 Å². The Balaban J connectivity index is 1.83. The number of benzene rings is 1. The molecule has 0 amide bonds. The largest absolute Gasteiger partial charge is 0.314 e. The number of nitrogens with one attached hydrogen (secondary N) is 2. The van der Waals surface area contributed by atoms with Gasteiger partial charge in [-0.2, -0.15) is 0 Å². The predicted octanol–water partition coefficient (Wildman–Crippen LogP) is 1.30. The van der Waals surface area contributed by atoms with Gasteiger partial charge >= 0.3 is 0 Å². The van der Waals surface area contributed by atoms with E-state index in [1.54, 1.807) is 12.1 Å². The van der Waals surface area contributed by atoms with Crippen LogP contribution >= 0.6 is 12.1 Å². The maximum absolute atomic E-state index is 3.36. The van der Waals surface area contributed by atoms with Crippen LogP contribution in [0.25, 0.3) is 0 Å². The molecule has 0 radical (unpaired) electrons. The van der Waals surface area contributed by atoms with Crippen LogP contribution in [0.15, 0.2) is 24.3 Å². The second kappa shape index (κ2) is 3.92. The van der Waals surface area contributed by atoms with Crippen molar-refractivity contribution in [2.24, 2.45) is 0 Å². The molecule has 0 saturated carbocycles. The lowest BCUT2D eigenvalue weighted by molar-refractivity contribution is 0.261. The Morgan fingerprint density at radius 3 is 2.80 bits per heavy atom. The summed E-state index contributed by atoms with van der Waals surface area (Å²) >= 11 is 1.66. The zero-order chi connectivity index (χ0) is 10.1. The van der Waals surface area contributed by atoms with Crippen molar-refractivity contribution in [2.75, 3.05) is 35.3 Å². The van der Waals surface area contributed by atoms with Gasteiger partial charge in [0, 0.05) is 26.2 Å². The number of hydrogen-bond acceptors (Lipinski definition) is 5. The minimum atomic E-state index is 1.07. The summed E-state index contributed by atoms with van der Waals surface area (Å²) in [6.45, 7) is 4.28. The molecule has 4 nitrogen and oxygen atoms in total. The number of anilines is 2. The number of hydrogen-bond donors (Lipinski definition) is 2. The smallest absolute Gasteiger partial charge is 0.0908 e. The van der Waals surface area contributed by atoms with Crippen molar-refractivity contribution >= 4 is 23.5 Å². The van der Waals surface area contributed by atoms with Crippen LogP contribution < -0.4 is 14.5 Å². The van der Waals surface area contributed by atoms with Gasteiger partial charge in [0.25, 0.3) is 0 Å². The van der Waals surface area contributed by atoms with Crippen LogP contribution in [-0.4, -0.2) is 31.2 Å². The van der Waals surface area contributed by atoms with E-state index >= 15 is 0 Å². The van der Waals surface area contributed by atoms with Gasteiger partial charge in [0.05, 0.1) is 23.5 Å². The van der Waals surface area contributed by atoms with E-state index in [1.165, 1.54) is 11.4 Å².